The molecule has 1 aromatic heterocycles. The highest BCUT2D eigenvalue weighted by Gasteiger charge is 2.53. The molecule has 6 heteroatoms. The van der Waals surface area contributed by atoms with Gasteiger partial charge in [0.1, 0.15) is 0 Å². The smallest absolute Gasteiger partial charge is 0.248 e. The Morgan fingerprint density at radius 2 is 1.44 bits per heavy atom. The molecule has 328 valence electrons. The van der Waals surface area contributed by atoms with Gasteiger partial charge in [-0.2, -0.15) is 0 Å². The van der Waals surface area contributed by atoms with E-state index in [-0.39, 0.29) is 10.8 Å². The van der Waals surface area contributed by atoms with Crippen LogP contribution in [0.5, 0.6) is 0 Å². The third-order valence-corrected chi connectivity index (χ3v) is 11.7. The number of hydrazone groups is 1. The van der Waals surface area contributed by atoms with E-state index in [9.17, 15) is 0 Å². The summed E-state index contributed by atoms with van der Waals surface area (Å²) in [6.45, 7) is 29.6. The van der Waals surface area contributed by atoms with Gasteiger partial charge in [-0.25, -0.2) is 0 Å². The van der Waals surface area contributed by atoms with Gasteiger partial charge in [-0.05, 0) is 112 Å². The maximum atomic E-state index is 6.58. The monoisotopic (exact) mass is 841 g/mol. The molecular formula is C57H68N4O2. The molecule has 0 saturated heterocycles. The quantitative estimate of drug-likeness (QED) is 0.172. The van der Waals surface area contributed by atoms with Crippen LogP contribution in [0.1, 0.15) is 154 Å². The summed E-state index contributed by atoms with van der Waals surface area (Å²) in [4.78, 5) is 0. The summed E-state index contributed by atoms with van der Waals surface area (Å²) < 4.78 is 13.1. The number of allylic oxidation sites excluding steroid dienone is 8. The van der Waals surface area contributed by atoms with E-state index in [1.807, 2.05) is 48.5 Å². The molecule has 2 unspecified atom stereocenters. The van der Waals surface area contributed by atoms with Gasteiger partial charge in [0.2, 0.25) is 23.9 Å². The lowest BCUT2D eigenvalue weighted by molar-refractivity contribution is 0.191. The Morgan fingerprint density at radius 1 is 0.778 bits per heavy atom. The second kappa shape index (κ2) is 19.2. The molecule has 0 bridgehead atoms. The molecule has 0 amide bonds. The van der Waals surface area contributed by atoms with Crippen LogP contribution in [0, 0.1) is 12.3 Å². The highest BCUT2D eigenvalue weighted by atomic mass is 16.5. The molecule has 1 aliphatic heterocycles. The Morgan fingerprint density at radius 3 is 2.13 bits per heavy atom. The highest BCUT2D eigenvalue weighted by Crippen LogP contribution is 2.63. The Hall–Kier alpha value is -6.01. The summed E-state index contributed by atoms with van der Waals surface area (Å²) in [6, 6.07) is 31.1. The first-order valence-electron chi connectivity index (χ1n) is 23.1. The van der Waals surface area contributed by atoms with Crippen molar-refractivity contribution < 1.29 is 9.15 Å². The molecule has 63 heavy (non-hydrogen) atoms. The van der Waals surface area contributed by atoms with Gasteiger partial charge in [-0.3, -0.25) is 5.43 Å². The SMILES string of the molecule is C/C=C(\C=C/CC(C)(C)C)C1=NNC(c2ccc3c(c2)C2(C4=C(CC=CC(c5nnc(-c6ccc(C(C)(C)C)cc6)o5)=C4)c4ccccc42)c2cc(C)ccc2-3)O1.CC.CC.CC. The van der Waals surface area contributed by atoms with Crippen LogP contribution in [0.3, 0.4) is 0 Å². The molecule has 4 aliphatic rings. The van der Waals surface area contributed by atoms with E-state index in [2.05, 4.69) is 191 Å². The molecule has 0 fully saturated rings. The lowest BCUT2D eigenvalue weighted by Gasteiger charge is -2.32. The van der Waals surface area contributed by atoms with Gasteiger partial charge < -0.3 is 9.15 Å². The first kappa shape index (κ1) is 46.5. The third-order valence-electron chi connectivity index (χ3n) is 11.7. The van der Waals surface area contributed by atoms with Crippen LogP contribution in [0.2, 0.25) is 0 Å². The van der Waals surface area contributed by atoms with Crippen LogP contribution < -0.4 is 5.43 Å². The molecular weight excluding hydrogens is 773 g/mol. The van der Waals surface area contributed by atoms with E-state index in [1.165, 1.54) is 55.7 Å². The molecule has 5 aromatic rings. The Kier molecular flexibility index (Phi) is 14.1. The van der Waals surface area contributed by atoms with Gasteiger partial charge in [0, 0.05) is 22.3 Å². The van der Waals surface area contributed by atoms with E-state index >= 15 is 0 Å². The number of benzene rings is 4. The van der Waals surface area contributed by atoms with Crippen molar-refractivity contribution in [2.24, 2.45) is 10.5 Å². The van der Waals surface area contributed by atoms with Crippen LogP contribution in [0.15, 0.2) is 142 Å². The van der Waals surface area contributed by atoms with Crippen molar-refractivity contribution in [1.82, 2.24) is 15.6 Å². The van der Waals surface area contributed by atoms with Gasteiger partial charge >= 0.3 is 0 Å². The predicted molar refractivity (Wildman–Crippen MR) is 265 cm³/mol. The molecule has 4 aromatic carbocycles. The fraction of sp³-hybridized carbons (Fsp3) is 0.351. The number of nitrogens with zero attached hydrogens (tertiary/aromatic N) is 3. The van der Waals surface area contributed by atoms with E-state index in [0.29, 0.717) is 17.7 Å². The fourth-order valence-electron chi connectivity index (χ4n) is 8.80. The van der Waals surface area contributed by atoms with Gasteiger partial charge in [0.25, 0.3) is 0 Å². The van der Waals surface area contributed by atoms with Crippen molar-refractivity contribution >= 4 is 17.0 Å². The zero-order valence-corrected chi connectivity index (χ0v) is 40.2. The zero-order chi connectivity index (χ0) is 45.7. The summed E-state index contributed by atoms with van der Waals surface area (Å²) in [6.07, 6.45) is 14.4. The van der Waals surface area contributed by atoms with E-state index in [1.54, 1.807) is 0 Å². The van der Waals surface area contributed by atoms with Crippen LogP contribution in [-0.2, 0) is 15.6 Å². The Balaban J connectivity index is 0.00000106. The topological polar surface area (TPSA) is 72.5 Å². The fourth-order valence-corrected chi connectivity index (χ4v) is 8.80. The van der Waals surface area contributed by atoms with Crippen LogP contribution >= 0.6 is 0 Å². The van der Waals surface area contributed by atoms with Gasteiger partial charge in [-0.1, -0.05) is 186 Å². The molecule has 2 heterocycles. The zero-order valence-electron chi connectivity index (χ0n) is 40.2. The van der Waals surface area contributed by atoms with Crippen LogP contribution in [0.4, 0.5) is 0 Å². The molecule has 3 aliphatic carbocycles. The lowest BCUT2D eigenvalue weighted by Crippen LogP contribution is -2.27. The van der Waals surface area contributed by atoms with Gasteiger partial charge in [-0.15, -0.1) is 15.3 Å². The van der Waals surface area contributed by atoms with Crippen molar-refractivity contribution in [3.63, 3.8) is 0 Å². The maximum Gasteiger partial charge on any atom is 0.248 e. The van der Waals surface area contributed by atoms with Crippen molar-refractivity contribution in [1.29, 1.82) is 0 Å². The summed E-state index contributed by atoms with van der Waals surface area (Å²) in [5.41, 5.74) is 19.3. The number of hydrogen-bond acceptors (Lipinski definition) is 6. The summed E-state index contributed by atoms with van der Waals surface area (Å²) in [5, 5.41) is 13.9. The molecule has 0 radical (unpaired) electrons. The van der Waals surface area contributed by atoms with Crippen molar-refractivity contribution in [3.8, 4) is 22.6 Å². The van der Waals surface area contributed by atoms with Crippen molar-refractivity contribution in [2.45, 2.75) is 127 Å². The number of rotatable bonds is 6. The van der Waals surface area contributed by atoms with E-state index in [4.69, 9.17) is 9.15 Å². The summed E-state index contributed by atoms with van der Waals surface area (Å²) in [5.74, 6) is 1.61. The van der Waals surface area contributed by atoms with Gasteiger partial charge in [0.05, 0.1) is 5.41 Å². The first-order valence-corrected chi connectivity index (χ1v) is 23.1. The normalized spacial score (nSPS) is 18.3. The second-order valence-electron chi connectivity index (χ2n) is 17.9. The molecule has 1 spiro atoms. The summed E-state index contributed by atoms with van der Waals surface area (Å²) >= 11 is 0. The van der Waals surface area contributed by atoms with Crippen molar-refractivity contribution in [2.75, 3.05) is 0 Å². The van der Waals surface area contributed by atoms with E-state index in [0.717, 1.165) is 35.1 Å². The number of aryl methyl sites for hydroxylation is 1. The maximum absolute atomic E-state index is 6.58. The minimum atomic E-state index is -0.575. The van der Waals surface area contributed by atoms with Gasteiger partial charge in [0.15, 0.2) is 0 Å². The molecule has 6 nitrogen and oxygen atoms in total. The average Bonchev–Trinajstić information content (AvgIpc) is 4.06. The molecule has 1 N–H and O–H groups in total. The van der Waals surface area contributed by atoms with E-state index < -0.39 is 11.6 Å². The number of fused-ring (bicyclic) bond motifs is 9. The van der Waals surface area contributed by atoms with Crippen LogP contribution in [0.25, 0.3) is 33.7 Å². The van der Waals surface area contributed by atoms with Crippen molar-refractivity contribution in [3.05, 3.63) is 177 Å². The summed E-state index contributed by atoms with van der Waals surface area (Å²) in [7, 11) is 0. The minimum absolute atomic E-state index is 0.0577. The third kappa shape index (κ3) is 8.83. The average molecular weight is 841 g/mol. The molecule has 0 saturated carbocycles. The number of ether oxygens (including phenoxy) is 1. The highest BCUT2D eigenvalue weighted by molar-refractivity contribution is 5.99. The minimum Gasteiger partial charge on any atom is -0.446 e. The predicted octanol–water partition coefficient (Wildman–Crippen LogP) is 15.4. The Labute approximate surface area is 377 Å². The number of nitrogens with one attached hydrogen (secondary N) is 1. The second-order valence-corrected chi connectivity index (χ2v) is 17.9. The standard InChI is InChI=1S/C51H50N4O2.3C2H6/c1-9-32(15-13-27-49(3,4)5)45-52-55-48(56-45)35-22-26-40-39-25-19-31(2)28-42(39)51(44(40)30-35)41-18-11-10-16-37(41)38-17-12-14-34(29-43(38)51)47-54-53-46(57-47)33-20-23-36(24-21-33)50(6,7)8;3*1-2/h9-16,18-26,28-30,48,55H,17,27H2,1-8H3;3*1-2H3/b15-13-,32-9+;;;. The molecule has 9 rings (SSSR count). The molecule has 2 atom stereocenters. The Bertz CT molecular complexity index is 2620. The number of hydrogen-bond donors (Lipinski definition) is 1. The lowest BCUT2D eigenvalue weighted by atomic mass is 9.69. The number of aromatic nitrogens is 2. The largest absolute Gasteiger partial charge is 0.446 e. The first-order chi connectivity index (χ1) is 30.3. The van der Waals surface area contributed by atoms with Crippen LogP contribution in [-0.4, -0.2) is 16.1 Å².